The molecule has 2 N–H and O–H groups in total. The number of rotatable bonds is 6. The van der Waals surface area contributed by atoms with Crippen molar-refractivity contribution >= 4 is 56.8 Å². The minimum Gasteiger partial charge on any atom is -0.320 e. The highest BCUT2D eigenvalue weighted by atomic mass is 79.9. The van der Waals surface area contributed by atoms with E-state index in [0.29, 0.717) is 26.3 Å². The van der Waals surface area contributed by atoms with E-state index in [9.17, 15) is 19.7 Å². The lowest BCUT2D eigenvalue weighted by molar-refractivity contribution is -0.384. The monoisotopic (exact) mass is 513 g/mol. The van der Waals surface area contributed by atoms with Gasteiger partial charge in [-0.2, -0.15) is 0 Å². The van der Waals surface area contributed by atoms with Gasteiger partial charge in [-0.3, -0.25) is 19.7 Å². The van der Waals surface area contributed by atoms with E-state index < -0.39 is 16.7 Å². The van der Waals surface area contributed by atoms with Gasteiger partial charge in [0.2, 0.25) is 0 Å². The zero-order chi connectivity index (χ0) is 23.3. The van der Waals surface area contributed by atoms with Crippen LogP contribution in [0.25, 0.3) is 6.08 Å². The van der Waals surface area contributed by atoms with E-state index in [1.807, 2.05) is 0 Å². The first-order valence-corrected chi connectivity index (χ1v) is 10.5. The predicted octanol–water partition coefficient (Wildman–Crippen LogP) is 5.73. The van der Waals surface area contributed by atoms with Crippen LogP contribution in [-0.4, -0.2) is 16.7 Å². The molecule has 3 aromatic rings. The van der Waals surface area contributed by atoms with Crippen LogP contribution in [0.15, 0.2) is 76.9 Å². The number of hydrogen-bond acceptors (Lipinski definition) is 4. The molecule has 0 saturated carbocycles. The molecule has 2 amide bonds. The number of nitrogens with zero attached hydrogens (tertiary/aromatic N) is 1. The molecule has 162 valence electrons. The van der Waals surface area contributed by atoms with Crippen LogP contribution in [0.4, 0.5) is 11.4 Å². The maximum absolute atomic E-state index is 13.1. The molecular formula is C23H17BrClN3O4. The molecule has 0 aliphatic heterocycles. The van der Waals surface area contributed by atoms with Crippen molar-refractivity contribution in [2.75, 3.05) is 5.32 Å². The Balaban J connectivity index is 1.98. The second kappa shape index (κ2) is 10.2. The molecule has 3 rings (SSSR count). The van der Waals surface area contributed by atoms with Crippen molar-refractivity contribution in [1.29, 1.82) is 0 Å². The standard InChI is InChI=1S/C23H17BrClN3O4/c1-14-9-10-16(25)13-20(14)26-23(30)21(12-15-5-4-6-17(11-15)28(31)32)27-22(29)18-7-2-3-8-19(18)24/h2-13H,1H3,(H,26,30)(H,27,29)/b21-12-. The molecule has 0 unspecified atom stereocenters. The zero-order valence-corrected chi connectivity index (χ0v) is 19.1. The van der Waals surface area contributed by atoms with Gasteiger partial charge in [0.1, 0.15) is 5.70 Å². The fraction of sp³-hybridized carbons (Fsp3) is 0.0435. The maximum atomic E-state index is 13.1. The second-order valence-corrected chi connectivity index (χ2v) is 8.05. The van der Waals surface area contributed by atoms with E-state index in [1.54, 1.807) is 55.5 Å². The summed E-state index contributed by atoms with van der Waals surface area (Å²) < 4.78 is 0.554. The molecule has 7 nitrogen and oxygen atoms in total. The van der Waals surface area contributed by atoms with Crippen molar-refractivity contribution in [3.05, 3.63) is 109 Å². The minimum absolute atomic E-state index is 0.0920. The Morgan fingerprint density at radius 2 is 1.81 bits per heavy atom. The number of amides is 2. The highest BCUT2D eigenvalue weighted by molar-refractivity contribution is 9.10. The van der Waals surface area contributed by atoms with Gasteiger partial charge in [0.25, 0.3) is 17.5 Å². The molecule has 0 aromatic heterocycles. The van der Waals surface area contributed by atoms with Gasteiger partial charge in [0.15, 0.2) is 0 Å². The summed E-state index contributed by atoms with van der Waals surface area (Å²) in [6, 6.07) is 17.5. The average Bonchev–Trinajstić information content (AvgIpc) is 2.76. The van der Waals surface area contributed by atoms with Crippen LogP contribution in [0.2, 0.25) is 5.02 Å². The summed E-state index contributed by atoms with van der Waals surface area (Å²) in [7, 11) is 0. The largest absolute Gasteiger partial charge is 0.320 e. The van der Waals surface area contributed by atoms with Crippen LogP contribution in [0.1, 0.15) is 21.5 Å². The fourth-order valence-electron chi connectivity index (χ4n) is 2.81. The number of anilines is 1. The van der Waals surface area contributed by atoms with E-state index >= 15 is 0 Å². The highest BCUT2D eigenvalue weighted by Crippen LogP contribution is 2.22. The normalized spacial score (nSPS) is 11.0. The van der Waals surface area contributed by atoms with E-state index in [4.69, 9.17) is 11.6 Å². The molecule has 0 aliphatic rings. The molecule has 0 heterocycles. The Labute approximate surface area is 197 Å². The summed E-state index contributed by atoms with van der Waals surface area (Å²) in [4.78, 5) is 36.5. The number of nitro groups is 1. The number of benzene rings is 3. The quantitative estimate of drug-likeness (QED) is 0.249. The van der Waals surface area contributed by atoms with E-state index in [1.165, 1.54) is 24.3 Å². The van der Waals surface area contributed by atoms with E-state index in [2.05, 4.69) is 26.6 Å². The summed E-state index contributed by atoms with van der Waals surface area (Å²) >= 11 is 9.35. The number of carbonyl (C=O) groups is 2. The fourth-order valence-corrected chi connectivity index (χ4v) is 3.44. The first kappa shape index (κ1) is 23.2. The molecule has 0 saturated heterocycles. The molecule has 0 bridgehead atoms. The number of aryl methyl sites for hydroxylation is 1. The average molecular weight is 515 g/mol. The topological polar surface area (TPSA) is 101 Å². The molecule has 3 aromatic carbocycles. The Morgan fingerprint density at radius 3 is 2.53 bits per heavy atom. The Bertz CT molecular complexity index is 1240. The number of nitrogens with one attached hydrogen (secondary N) is 2. The summed E-state index contributed by atoms with van der Waals surface area (Å²) in [5.41, 5.74) is 1.72. The third-order valence-electron chi connectivity index (χ3n) is 4.45. The third-order valence-corrected chi connectivity index (χ3v) is 5.38. The summed E-state index contributed by atoms with van der Waals surface area (Å²) in [5, 5.41) is 16.9. The van der Waals surface area contributed by atoms with Crippen molar-refractivity contribution in [3.8, 4) is 0 Å². The Kier molecular flexibility index (Phi) is 7.40. The van der Waals surface area contributed by atoms with E-state index in [0.717, 1.165) is 5.56 Å². The van der Waals surface area contributed by atoms with Crippen LogP contribution in [0.5, 0.6) is 0 Å². The van der Waals surface area contributed by atoms with Crippen molar-refractivity contribution in [3.63, 3.8) is 0 Å². The van der Waals surface area contributed by atoms with E-state index in [-0.39, 0.29) is 11.4 Å². The predicted molar refractivity (Wildman–Crippen MR) is 128 cm³/mol. The van der Waals surface area contributed by atoms with Crippen LogP contribution < -0.4 is 10.6 Å². The summed E-state index contributed by atoms with van der Waals surface area (Å²) in [6.07, 6.45) is 1.37. The molecule has 0 atom stereocenters. The number of nitro benzene ring substituents is 1. The van der Waals surface area contributed by atoms with Crippen molar-refractivity contribution in [1.82, 2.24) is 5.32 Å². The van der Waals surface area contributed by atoms with Crippen LogP contribution in [-0.2, 0) is 4.79 Å². The molecule has 32 heavy (non-hydrogen) atoms. The lowest BCUT2D eigenvalue weighted by atomic mass is 10.1. The number of hydrogen-bond donors (Lipinski definition) is 2. The van der Waals surface area contributed by atoms with Gasteiger partial charge in [0.05, 0.1) is 10.5 Å². The lowest BCUT2D eigenvalue weighted by Gasteiger charge is -2.13. The van der Waals surface area contributed by atoms with Gasteiger partial charge in [0, 0.05) is 27.3 Å². The molecule has 9 heteroatoms. The van der Waals surface area contributed by atoms with Gasteiger partial charge in [-0.15, -0.1) is 0 Å². The first-order chi connectivity index (χ1) is 15.2. The van der Waals surface area contributed by atoms with Crippen LogP contribution in [0.3, 0.4) is 0 Å². The maximum Gasteiger partial charge on any atom is 0.272 e. The molecular weight excluding hydrogens is 498 g/mol. The zero-order valence-electron chi connectivity index (χ0n) is 16.8. The van der Waals surface area contributed by atoms with Gasteiger partial charge in [-0.1, -0.05) is 41.9 Å². The van der Waals surface area contributed by atoms with Gasteiger partial charge in [-0.25, -0.2) is 0 Å². The van der Waals surface area contributed by atoms with Gasteiger partial charge < -0.3 is 10.6 Å². The van der Waals surface area contributed by atoms with Crippen molar-refractivity contribution in [2.24, 2.45) is 0 Å². The second-order valence-electron chi connectivity index (χ2n) is 6.76. The Hall–Kier alpha value is -3.49. The lowest BCUT2D eigenvalue weighted by Crippen LogP contribution is -2.31. The number of carbonyl (C=O) groups excluding carboxylic acids is 2. The SMILES string of the molecule is Cc1ccc(Cl)cc1NC(=O)/C(=C/c1cccc([N+](=O)[O-])c1)NC(=O)c1ccccc1Br. The molecule has 0 spiro atoms. The third kappa shape index (κ3) is 5.81. The molecule has 0 aliphatic carbocycles. The Morgan fingerprint density at radius 1 is 1.06 bits per heavy atom. The van der Waals surface area contributed by atoms with Crippen LogP contribution >= 0.6 is 27.5 Å². The van der Waals surface area contributed by atoms with Gasteiger partial charge in [-0.05, 0) is 64.3 Å². The summed E-state index contributed by atoms with van der Waals surface area (Å²) in [5.74, 6) is -1.13. The smallest absolute Gasteiger partial charge is 0.272 e. The van der Waals surface area contributed by atoms with Gasteiger partial charge >= 0.3 is 0 Å². The van der Waals surface area contributed by atoms with Crippen molar-refractivity contribution < 1.29 is 14.5 Å². The minimum atomic E-state index is -0.609. The summed E-state index contributed by atoms with van der Waals surface area (Å²) in [6.45, 7) is 1.80. The van der Waals surface area contributed by atoms with Crippen LogP contribution in [0, 0.1) is 17.0 Å². The number of non-ortho nitro benzene ring substituents is 1. The molecule has 0 fully saturated rings. The highest BCUT2D eigenvalue weighted by Gasteiger charge is 2.18. The van der Waals surface area contributed by atoms with Crippen molar-refractivity contribution in [2.45, 2.75) is 6.92 Å². The first-order valence-electron chi connectivity index (χ1n) is 9.34. The number of halogens is 2. The molecule has 0 radical (unpaired) electrons.